The summed E-state index contributed by atoms with van der Waals surface area (Å²) in [5.74, 6) is 4.80. The zero-order valence-electron chi connectivity index (χ0n) is 14.8. The van der Waals surface area contributed by atoms with Crippen molar-refractivity contribution in [1.82, 2.24) is 5.32 Å². The number of carbonyl (C=O) groups is 2. The first-order valence-corrected chi connectivity index (χ1v) is 10.5. The molecule has 0 aromatic heterocycles. The molecule has 0 radical (unpaired) electrons. The predicted molar refractivity (Wildman–Crippen MR) is 105 cm³/mol. The largest absolute Gasteiger partial charge is 0.287 e. The fraction of sp³-hybridized carbons (Fsp3) is 0.200. The lowest BCUT2D eigenvalue weighted by Crippen LogP contribution is -2.43. The van der Waals surface area contributed by atoms with Crippen molar-refractivity contribution in [3.63, 3.8) is 0 Å². The first-order chi connectivity index (χ1) is 12.7. The summed E-state index contributed by atoms with van der Waals surface area (Å²) < 4.78 is 24.4. The molecule has 1 unspecified atom stereocenters. The highest BCUT2D eigenvalue weighted by molar-refractivity contribution is 8.25. The highest BCUT2D eigenvalue weighted by Crippen LogP contribution is 2.43. The minimum absolute atomic E-state index is 0.0115. The Hall–Kier alpha value is -2.56. The van der Waals surface area contributed by atoms with Crippen LogP contribution in [0.2, 0.25) is 0 Å². The Balaban J connectivity index is 2.01. The van der Waals surface area contributed by atoms with E-state index in [9.17, 15) is 18.0 Å². The van der Waals surface area contributed by atoms with Gasteiger partial charge in [0.25, 0.3) is 11.1 Å². The van der Waals surface area contributed by atoms with Crippen LogP contribution in [0.4, 0.5) is 4.79 Å². The van der Waals surface area contributed by atoms with E-state index in [0.29, 0.717) is 17.3 Å². The number of aryl methyl sites for hydroxylation is 2. The minimum Gasteiger partial charge on any atom is -0.285 e. The maximum Gasteiger partial charge on any atom is 0.287 e. The second kappa shape index (κ2) is 7.22. The molecule has 0 spiro atoms. The molecule has 27 heavy (non-hydrogen) atoms. The molecule has 2 amide bonds. The first-order valence-electron chi connectivity index (χ1n) is 8.16. The predicted octanol–water partition coefficient (Wildman–Crippen LogP) is 3.20. The van der Waals surface area contributed by atoms with E-state index >= 15 is 0 Å². The summed E-state index contributed by atoms with van der Waals surface area (Å²) in [6.07, 6.45) is -0.292. The van der Waals surface area contributed by atoms with Gasteiger partial charge in [0.05, 0.1) is 4.90 Å². The summed E-state index contributed by atoms with van der Waals surface area (Å²) in [5, 5.41) is 1.40. The average Bonchev–Trinajstić information content (AvgIpc) is 2.92. The van der Waals surface area contributed by atoms with Crippen molar-refractivity contribution < 1.29 is 18.0 Å². The van der Waals surface area contributed by atoms with Gasteiger partial charge in [-0.1, -0.05) is 47.2 Å². The molecule has 1 aliphatic rings. The molecule has 1 aliphatic heterocycles. The Kier molecular flexibility index (Phi) is 5.13. The van der Waals surface area contributed by atoms with Crippen LogP contribution >= 0.6 is 11.8 Å². The van der Waals surface area contributed by atoms with Crippen molar-refractivity contribution in [2.24, 2.45) is 0 Å². The van der Waals surface area contributed by atoms with Gasteiger partial charge >= 0.3 is 0 Å². The molecule has 0 bridgehead atoms. The van der Waals surface area contributed by atoms with Crippen molar-refractivity contribution in [2.45, 2.75) is 29.2 Å². The van der Waals surface area contributed by atoms with E-state index in [0.717, 1.165) is 11.1 Å². The maximum absolute atomic E-state index is 13.2. The van der Waals surface area contributed by atoms with Gasteiger partial charge in [0.15, 0.2) is 0 Å². The second-order valence-electron chi connectivity index (χ2n) is 6.26. The third kappa shape index (κ3) is 3.64. The van der Waals surface area contributed by atoms with Crippen LogP contribution in [0.5, 0.6) is 0 Å². The zero-order valence-corrected chi connectivity index (χ0v) is 16.4. The van der Waals surface area contributed by atoms with E-state index in [-0.39, 0.29) is 11.3 Å². The first kappa shape index (κ1) is 19.2. The van der Waals surface area contributed by atoms with Gasteiger partial charge in [-0.2, -0.15) is 0 Å². The molecule has 1 N–H and O–H groups in total. The fourth-order valence-corrected chi connectivity index (χ4v) is 5.72. The van der Waals surface area contributed by atoms with Crippen LogP contribution in [0.25, 0.3) is 0 Å². The number of hydrogen-bond donors (Lipinski definition) is 1. The minimum atomic E-state index is -4.13. The highest BCUT2D eigenvalue weighted by atomic mass is 32.3. The van der Waals surface area contributed by atoms with Crippen LogP contribution in [0, 0.1) is 25.7 Å². The van der Waals surface area contributed by atoms with Crippen LogP contribution in [-0.4, -0.2) is 23.6 Å². The molecule has 138 valence electrons. The third-order valence-electron chi connectivity index (χ3n) is 4.19. The SMILES string of the molecule is Cc1ccc(C#CCC2(S(=O)(=O)c3ccc(C)cc3)SC(=O)NC2=O)cc1. The van der Waals surface area contributed by atoms with E-state index in [2.05, 4.69) is 17.2 Å². The van der Waals surface area contributed by atoms with Crippen LogP contribution in [-0.2, 0) is 14.6 Å². The molecule has 3 rings (SSSR count). The molecule has 5 nitrogen and oxygen atoms in total. The normalized spacial score (nSPS) is 19.3. The van der Waals surface area contributed by atoms with Crippen molar-refractivity contribution in [1.29, 1.82) is 0 Å². The topological polar surface area (TPSA) is 80.3 Å². The number of amides is 2. The van der Waals surface area contributed by atoms with Crippen LogP contribution < -0.4 is 5.32 Å². The monoisotopic (exact) mass is 399 g/mol. The summed E-state index contributed by atoms with van der Waals surface area (Å²) in [6, 6.07) is 13.6. The van der Waals surface area contributed by atoms with Gasteiger partial charge in [-0.3, -0.25) is 14.9 Å². The molecule has 2 aromatic rings. The van der Waals surface area contributed by atoms with E-state index in [1.165, 1.54) is 12.1 Å². The van der Waals surface area contributed by atoms with E-state index in [1.54, 1.807) is 12.1 Å². The van der Waals surface area contributed by atoms with Crippen molar-refractivity contribution in [2.75, 3.05) is 0 Å². The number of benzene rings is 2. The lowest BCUT2D eigenvalue weighted by molar-refractivity contribution is -0.119. The summed E-state index contributed by atoms with van der Waals surface area (Å²) in [4.78, 5) is 24.3. The van der Waals surface area contributed by atoms with Crippen molar-refractivity contribution in [3.8, 4) is 11.8 Å². The van der Waals surface area contributed by atoms with Crippen LogP contribution in [0.1, 0.15) is 23.1 Å². The molecule has 1 heterocycles. The van der Waals surface area contributed by atoms with Crippen LogP contribution in [0.3, 0.4) is 0 Å². The Labute approximate surface area is 162 Å². The number of thioether (sulfide) groups is 1. The van der Waals surface area contributed by atoms with Gasteiger partial charge in [0.1, 0.15) is 0 Å². The van der Waals surface area contributed by atoms with Gasteiger partial charge in [0.2, 0.25) is 13.9 Å². The van der Waals surface area contributed by atoms with Crippen LogP contribution in [0.15, 0.2) is 53.4 Å². The standard InChI is InChI=1S/C20H17NO4S2/c1-14-5-9-16(10-6-14)4-3-13-20(18(22)21-19(23)26-20)27(24,25)17-11-7-15(2)8-12-17/h5-12H,13H2,1-2H3,(H,21,22,23). The molecular weight excluding hydrogens is 382 g/mol. The molecule has 7 heteroatoms. The number of imide groups is 1. The van der Waals surface area contributed by atoms with Gasteiger partial charge in [0, 0.05) is 12.0 Å². The molecule has 0 saturated carbocycles. The smallest absolute Gasteiger partial charge is 0.285 e. The van der Waals surface area contributed by atoms with Gasteiger partial charge in [-0.25, -0.2) is 8.42 Å². The quantitative estimate of drug-likeness (QED) is 0.802. The summed E-state index contributed by atoms with van der Waals surface area (Å²) in [5.41, 5.74) is 2.68. The van der Waals surface area contributed by atoms with E-state index in [1.807, 2.05) is 38.1 Å². The van der Waals surface area contributed by atoms with Crippen molar-refractivity contribution in [3.05, 3.63) is 65.2 Å². The van der Waals surface area contributed by atoms with E-state index < -0.39 is 25.1 Å². The number of hydrogen-bond acceptors (Lipinski definition) is 5. The Morgan fingerprint density at radius 3 is 2.04 bits per heavy atom. The highest BCUT2D eigenvalue weighted by Gasteiger charge is 2.58. The number of sulfone groups is 1. The summed E-state index contributed by atoms with van der Waals surface area (Å²) >= 11 is 0.475. The molecule has 1 atom stereocenters. The molecule has 1 fully saturated rings. The number of nitrogens with one attached hydrogen (secondary N) is 1. The molecular formula is C20H17NO4S2. The Morgan fingerprint density at radius 2 is 1.52 bits per heavy atom. The fourth-order valence-electron chi connectivity index (χ4n) is 2.61. The number of carbonyl (C=O) groups excluding carboxylic acids is 2. The lowest BCUT2D eigenvalue weighted by Gasteiger charge is -2.22. The third-order valence-corrected chi connectivity index (χ3v) is 8.14. The average molecular weight is 399 g/mol. The second-order valence-corrected chi connectivity index (χ2v) is 9.96. The lowest BCUT2D eigenvalue weighted by atomic mass is 10.1. The van der Waals surface area contributed by atoms with Gasteiger partial charge in [-0.15, -0.1) is 0 Å². The maximum atomic E-state index is 13.2. The Morgan fingerprint density at radius 1 is 0.963 bits per heavy atom. The Bertz CT molecular complexity index is 1060. The zero-order chi connectivity index (χ0) is 19.7. The van der Waals surface area contributed by atoms with Gasteiger partial charge in [-0.05, 0) is 49.9 Å². The van der Waals surface area contributed by atoms with Crippen molar-refractivity contribution >= 4 is 32.7 Å². The summed E-state index contributed by atoms with van der Waals surface area (Å²) in [6.45, 7) is 3.78. The molecule has 2 aromatic carbocycles. The number of rotatable bonds is 3. The summed E-state index contributed by atoms with van der Waals surface area (Å²) in [7, 11) is -4.13. The molecule has 1 saturated heterocycles. The van der Waals surface area contributed by atoms with Gasteiger partial charge < -0.3 is 0 Å². The molecule has 0 aliphatic carbocycles. The van der Waals surface area contributed by atoms with E-state index in [4.69, 9.17) is 0 Å².